The lowest BCUT2D eigenvalue weighted by atomic mass is 10.00. The van der Waals surface area contributed by atoms with Crippen molar-refractivity contribution in [3.8, 4) is 11.1 Å². The van der Waals surface area contributed by atoms with Gasteiger partial charge in [0.25, 0.3) is 0 Å². The Labute approximate surface area is 89.8 Å². The van der Waals surface area contributed by atoms with Gasteiger partial charge in [-0.2, -0.15) is 0 Å². The smallest absolute Gasteiger partial charge is 0.0580 e. The number of pyridine rings is 1. The van der Waals surface area contributed by atoms with Gasteiger partial charge in [0.1, 0.15) is 0 Å². The first-order chi connectivity index (χ1) is 7.18. The van der Waals surface area contributed by atoms with Gasteiger partial charge >= 0.3 is 0 Å². The number of nitrogen functional groups attached to an aromatic ring is 1. The molecule has 1 aromatic heterocycles. The topological polar surface area (TPSA) is 38.9 Å². The fourth-order valence-electron chi connectivity index (χ4n) is 1.68. The summed E-state index contributed by atoms with van der Waals surface area (Å²) < 4.78 is 0. The van der Waals surface area contributed by atoms with Gasteiger partial charge < -0.3 is 5.73 Å². The van der Waals surface area contributed by atoms with Gasteiger partial charge in [-0.1, -0.05) is 24.3 Å². The number of aromatic nitrogens is 1. The van der Waals surface area contributed by atoms with Crippen LogP contribution in [0.2, 0.25) is 0 Å². The molecule has 0 unspecified atom stereocenters. The molecule has 2 heteroatoms. The zero-order valence-electron chi connectivity index (χ0n) is 8.99. The Morgan fingerprint density at radius 3 is 2.53 bits per heavy atom. The summed E-state index contributed by atoms with van der Waals surface area (Å²) in [5, 5.41) is 0. The molecule has 0 saturated heterocycles. The zero-order chi connectivity index (χ0) is 10.8. The van der Waals surface area contributed by atoms with Gasteiger partial charge in [0, 0.05) is 11.3 Å². The Balaban J connectivity index is 2.64. The van der Waals surface area contributed by atoms with E-state index in [1.54, 1.807) is 6.20 Å². The van der Waals surface area contributed by atoms with E-state index in [1.165, 1.54) is 11.1 Å². The van der Waals surface area contributed by atoms with Gasteiger partial charge in [0.05, 0.1) is 11.9 Å². The van der Waals surface area contributed by atoms with Crippen molar-refractivity contribution >= 4 is 5.69 Å². The molecule has 2 N–H and O–H groups in total. The SMILES string of the molecule is Cc1cc(-c2ccccc2C)c(N)cn1. The first kappa shape index (κ1) is 9.71. The second kappa shape index (κ2) is 3.73. The Kier molecular flexibility index (Phi) is 2.42. The van der Waals surface area contributed by atoms with Crippen LogP contribution in [0, 0.1) is 13.8 Å². The van der Waals surface area contributed by atoms with E-state index in [4.69, 9.17) is 5.73 Å². The summed E-state index contributed by atoms with van der Waals surface area (Å²) in [4.78, 5) is 4.17. The highest BCUT2D eigenvalue weighted by molar-refractivity contribution is 5.77. The molecule has 0 aliphatic carbocycles. The van der Waals surface area contributed by atoms with Crippen molar-refractivity contribution in [1.29, 1.82) is 0 Å². The van der Waals surface area contributed by atoms with Gasteiger partial charge in [0.15, 0.2) is 0 Å². The third-order valence-electron chi connectivity index (χ3n) is 2.51. The Morgan fingerprint density at radius 2 is 1.80 bits per heavy atom. The lowest BCUT2D eigenvalue weighted by Crippen LogP contribution is -1.94. The maximum atomic E-state index is 5.93. The summed E-state index contributed by atoms with van der Waals surface area (Å²) in [6.07, 6.45) is 1.72. The van der Waals surface area contributed by atoms with E-state index in [0.29, 0.717) is 0 Å². The molecule has 1 aromatic carbocycles. The van der Waals surface area contributed by atoms with Crippen LogP contribution in [0.25, 0.3) is 11.1 Å². The molecule has 76 valence electrons. The predicted molar refractivity (Wildman–Crippen MR) is 63.6 cm³/mol. The van der Waals surface area contributed by atoms with E-state index < -0.39 is 0 Å². The highest BCUT2D eigenvalue weighted by Gasteiger charge is 2.05. The summed E-state index contributed by atoms with van der Waals surface area (Å²) in [6.45, 7) is 4.06. The number of hydrogen-bond acceptors (Lipinski definition) is 2. The fraction of sp³-hybridized carbons (Fsp3) is 0.154. The van der Waals surface area contributed by atoms with Crippen LogP contribution in [0.3, 0.4) is 0 Å². The summed E-state index contributed by atoms with van der Waals surface area (Å²) in [5.41, 5.74) is 11.1. The van der Waals surface area contributed by atoms with Crippen LogP contribution in [-0.4, -0.2) is 4.98 Å². The first-order valence-electron chi connectivity index (χ1n) is 4.96. The Morgan fingerprint density at radius 1 is 1.07 bits per heavy atom. The Bertz CT molecular complexity index is 490. The van der Waals surface area contributed by atoms with Crippen molar-refractivity contribution in [3.05, 3.63) is 47.8 Å². The number of benzene rings is 1. The molecular weight excluding hydrogens is 184 g/mol. The Hall–Kier alpha value is -1.83. The lowest BCUT2D eigenvalue weighted by molar-refractivity contribution is 1.20. The average molecular weight is 198 g/mol. The molecule has 1 heterocycles. The fourth-order valence-corrected chi connectivity index (χ4v) is 1.68. The minimum atomic E-state index is 0.731. The third-order valence-corrected chi connectivity index (χ3v) is 2.51. The molecule has 0 atom stereocenters. The normalized spacial score (nSPS) is 10.3. The van der Waals surface area contributed by atoms with Crippen molar-refractivity contribution in [1.82, 2.24) is 4.98 Å². The number of nitrogens with zero attached hydrogens (tertiary/aromatic N) is 1. The number of nitrogens with two attached hydrogens (primary N) is 1. The van der Waals surface area contributed by atoms with Crippen molar-refractivity contribution in [2.75, 3.05) is 5.73 Å². The standard InChI is InChI=1S/C13H14N2/c1-9-5-3-4-6-11(9)12-7-10(2)15-8-13(12)14/h3-8H,14H2,1-2H3. The minimum Gasteiger partial charge on any atom is -0.397 e. The van der Waals surface area contributed by atoms with Crippen LogP contribution in [0.5, 0.6) is 0 Å². The molecule has 2 aromatic rings. The highest BCUT2D eigenvalue weighted by atomic mass is 14.7. The summed E-state index contributed by atoms with van der Waals surface area (Å²) >= 11 is 0. The maximum Gasteiger partial charge on any atom is 0.0580 e. The summed E-state index contributed by atoms with van der Waals surface area (Å²) in [5.74, 6) is 0. The van der Waals surface area contributed by atoms with Gasteiger partial charge in [-0.3, -0.25) is 4.98 Å². The maximum absolute atomic E-state index is 5.93. The lowest BCUT2D eigenvalue weighted by Gasteiger charge is -2.09. The predicted octanol–water partition coefficient (Wildman–Crippen LogP) is 2.95. The molecular formula is C13H14N2. The summed E-state index contributed by atoms with van der Waals surface area (Å²) in [6, 6.07) is 10.3. The van der Waals surface area contributed by atoms with Crippen LogP contribution in [0.4, 0.5) is 5.69 Å². The molecule has 15 heavy (non-hydrogen) atoms. The molecule has 0 spiro atoms. The van der Waals surface area contributed by atoms with E-state index in [0.717, 1.165) is 16.9 Å². The van der Waals surface area contributed by atoms with Crippen LogP contribution in [-0.2, 0) is 0 Å². The number of hydrogen-bond donors (Lipinski definition) is 1. The molecule has 0 aliphatic heterocycles. The molecule has 2 nitrogen and oxygen atoms in total. The summed E-state index contributed by atoms with van der Waals surface area (Å²) in [7, 11) is 0. The van der Waals surface area contributed by atoms with Crippen molar-refractivity contribution < 1.29 is 0 Å². The first-order valence-corrected chi connectivity index (χ1v) is 4.96. The van der Waals surface area contributed by atoms with Crippen LogP contribution in [0.1, 0.15) is 11.3 Å². The van der Waals surface area contributed by atoms with Crippen molar-refractivity contribution in [2.45, 2.75) is 13.8 Å². The van der Waals surface area contributed by atoms with Crippen LogP contribution < -0.4 is 5.73 Å². The van der Waals surface area contributed by atoms with E-state index in [9.17, 15) is 0 Å². The highest BCUT2D eigenvalue weighted by Crippen LogP contribution is 2.28. The molecule has 0 aliphatic rings. The zero-order valence-corrected chi connectivity index (χ0v) is 8.99. The van der Waals surface area contributed by atoms with E-state index in [-0.39, 0.29) is 0 Å². The van der Waals surface area contributed by atoms with Crippen LogP contribution in [0.15, 0.2) is 36.5 Å². The molecule has 0 fully saturated rings. The monoisotopic (exact) mass is 198 g/mol. The van der Waals surface area contributed by atoms with Crippen molar-refractivity contribution in [2.24, 2.45) is 0 Å². The number of anilines is 1. The van der Waals surface area contributed by atoms with Crippen LogP contribution >= 0.6 is 0 Å². The average Bonchev–Trinajstić information content (AvgIpc) is 2.23. The van der Waals surface area contributed by atoms with E-state index in [1.807, 2.05) is 25.1 Å². The van der Waals surface area contributed by atoms with Crippen molar-refractivity contribution in [3.63, 3.8) is 0 Å². The second-order valence-electron chi connectivity index (χ2n) is 3.73. The number of rotatable bonds is 1. The van der Waals surface area contributed by atoms with Gasteiger partial charge in [-0.15, -0.1) is 0 Å². The van der Waals surface area contributed by atoms with Gasteiger partial charge in [0.2, 0.25) is 0 Å². The largest absolute Gasteiger partial charge is 0.397 e. The quantitative estimate of drug-likeness (QED) is 0.765. The molecule has 0 amide bonds. The van der Waals surface area contributed by atoms with Gasteiger partial charge in [-0.05, 0) is 31.0 Å². The molecule has 2 rings (SSSR count). The van der Waals surface area contributed by atoms with Gasteiger partial charge in [-0.25, -0.2) is 0 Å². The minimum absolute atomic E-state index is 0.731. The molecule has 0 saturated carbocycles. The third kappa shape index (κ3) is 1.84. The van der Waals surface area contributed by atoms with E-state index in [2.05, 4.69) is 24.0 Å². The van der Waals surface area contributed by atoms with E-state index >= 15 is 0 Å². The number of aryl methyl sites for hydroxylation is 2. The molecule has 0 bridgehead atoms. The molecule has 0 radical (unpaired) electrons. The second-order valence-corrected chi connectivity index (χ2v) is 3.73.